The summed E-state index contributed by atoms with van der Waals surface area (Å²) in [5.41, 5.74) is -2.53. The molecular weight excluding hydrogens is 349 g/mol. The smallest absolute Gasteiger partial charge is 0.375 e. The molecule has 2 heterocycles. The molecular formula is C18H25F3N2O3. The number of aromatic nitrogens is 1. The van der Waals surface area contributed by atoms with Crippen LogP contribution in [0.15, 0.2) is 16.9 Å². The van der Waals surface area contributed by atoms with Crippen molar-refractivity contribution < 1.29 is 22.7 Å². The first kappa shape index (κ1) is 20.5. The number of hydrogen-bond acceptors (Lipinski definition) is 3. The number of amides is 1. The maximum Gasteiger partial charge on any atom is 0.431 e. The Morgan fingerprint density at radius 3 is 2.23 bits per heavy atom. The molecule has 0 saturated carbocycles. The molecule has 26 heavy (non-hydrogen) atoms. The minimum atomic E-state index is -4.66. The summed E-state index contributed by atoms with van der Waals surface area (Å²) in [5, 5.41) is 2.79. The van der Waals surface area contributed by atoms with Gasteiger partial charge in [-0.2, -0.15) is 13.2 Å². The number of halogens is 3. The van der Waals surface area contributed by atoms with Crippen LogP contribution in [-0.2, 0) is 10.9 Å². The molecule has 2 N–H and O–H groups in total. The van der Waals surface area contributed by atoms with Gasteiger partial charge in [-0.3, -0.25) is 9.59 Å². The number of hydrogen-bond donors (Lipinski definition) is 2. The first-order valence-electron chi connectivity index (χ1n) is 9.01. The minimum Gasteiger partial charge on any atom is -0.375 e. The highest BCUT2D eigenvalue weighted by Gasteiger charge is 2.33. The van der Waals surface area contributed by atoms with E-state index in [1.54, 1.807) is 4.98 Å². The van der Waals surface area contributed by atoms with Crippen LogP contribution >= 0.6 is 0 Å². The molecule has 146 valence electrons. The number of alkyl halides is 3. The second kappa shape index (κ2) is 8.70. The Morgan fingerprint density at radius 2 is 1.77 bits per heavy atom. The number of carbonyl (C=O) groups is 1. The van der Waals surface area contributed by atoms with Gasteiger partial charge in [-0.05, 0) is 37.8 Å². The topological polar surface area (TPSA) is 71.2 Å². The van der Waals surface area contributed by atoms with E-state index in [4.69, 9.17) is 4.74 Å². The Balaban J connectivity index is 2.09. The second-order valence-electron chi connectivity index (χ2n) is 6.71. The van der Waals surface area contributed by atoms with Crippen molar-refractivity contribution in [2.75, 3.05) is 0 Å². The van der Waals surface area contributed by atoms with E-state index in [-0.39, 0.29) is 23.8 Å². The zero-order chi connectivity index (χ0) is 19.3. The van der Waals surface area contributed by atoms with Gasteiger partial charge in [0.25, 0.3) is 11.5 Å². The number of pyridine rings is 1. The maximum absolute atomic E-state index is 12.6. The summed E-state index contributed by atoms with van der Waals surface area (Å²) in [4.78, 5) is 26.0. The quantitative estimate of drug-likeness (QED) is 0.799. The summed E-state index contributed by atoms with van der Waals surface area (Å²) in [6.45, 7) is 4.12. The van der Waals surface area contributed by atoms with Crippen LogP contribution in [0.2, 0.25) is 0 Å². The zero-order valence-electron chi connectivity index (χ0n) is 15.0. The predicted molar refractivity (Wildman–Crippen MR) is 91.0 cm³/mol. The van der Waals surface area contributed by atoms with Gasteiger partial charge in [0.1, 0.15) is 11.3 Å². The van der Waals surface area contributed by atoms with Crippen LogP contribution in [-0.4, -0.2) is 29.1 Å². The lowest BCUT2D eigenvalue weighted by molar-refractivity contribution is -0.141. The molecule has 1 unspecified atom stereocenters. The highest BCUT2D eigenvalue weighted by Crippen LogP contribution is 2.27. The highest BCUT2D eigenvalue weighted by molar-refractivity contribution is 5.94. The summed E-state index contributed by atoms with van der Waals surface area (Å²) in [6, 6.07) is 1.47. The summed E-state index contributed by atoms with van der Waals surface area (Å²) in [6.07, 6.45) is 0.390. The maximum atomic E-state index is 12.6. The van der Waals surface area contributed by atoms with Crippen molar-refractivity contribution in [1.82, 2.24) is 10.3 Å². The SMILES string of the molecule is CCC[C@@H]1CC(NC(=O)c2ccc(C(F)(F)F)[nH]c2=O)C[C@H](CCC)O1. The summed E-state index contributed by atoms with van der Waals surface area (Å²) >= 11 is 0. The van der Waals surface area contributed by atoms with Crippen LogP contribution in [0.3, 0.4) is 0 Å². The normalized spacial score (nSPS) is 23.7. The molecule has 0 spiro atoms. The lowest BCUT2D eigenvalue weighted by Crippen LogP contribution is -2.46. The summed E-state index contributed by atoms with van der Waals surface area (Å²) in [5.74, 6) is -0.655. The van der Waals surface area contributed by atoms with E-state index >= 15 is 0 Å². The van der Waals surface area contributed by atoms with E-state index in [9.17, 15) is 22.8 Å². The fraction of sp³-hybridized carbons (Fsp3) is 0.667. The zero-order valence-corrected chi connectivity index (χ0v) is 15.0. The highest BCUT2D eigenvalue weighted by atomic mass is 19.4. The molecule has 5 nitrogen and oxygen atoms in total. The molecule has 3 atom stereocenters. The van der Waals surface area contributed by atoms with Crippen molar-refractivity contribution in [2.24, 2.45) is 0 Å². The molecule has 1 aliphatic rings. The Morgan fingerprint density at radius 1 is 1.19 bits per heavy atom. The largest absolute Gasteiger partial charge is 0.431 e. The van der Waals surface area contributed by atoms with E-state index in [1.807, 2.05) is 0 Å². The Labute approximate surface area is 150 Å². The van der Waals surface area contributed by atoms with Crippen molar-refractivity contribution in [1.29, 1.82) is 0 Å². The van der Waals surface area contributed by atoms with Gasteiger partial charge in [-0.25, -0.2) is 0 Å². The molecule has 0 radical (unpaired) electrons. The molecule has 1 fully saturated rings. The van der Waals surface area contributed by atoms with Crippen LogP contribution in [0.1, 0.15) is 68.4 Å². The fourth-order valence-electron chi connectivity index (χ4n) is 3.33. The van der Waals surface area contributed by atoms with E-state index in [2.05, 4.69) is 19.2 Å². The number of aromatic amines is 1. The molecule has 1 aliphatic heterocycles. The molecule has 1 aromatic rings. The molecule has 8 heteroatoms. The Kier molecular flexibility index (Phi) is 6.86. The number of carbonyl (C=O) groups excluding carboxylic acids is 1. The van der Waals surface area contributed by atoms with E-state index < -0.39 is 23.3 Å². The van der Waals surface area contributed by atoms with Gasteiger partial charge in [0.05, 0.1) is 12.2 Å². The Hall–Kier alpha value is -1.83. The van der Waals surface area contributed by atoms with Gasteiger partial charge < -0.3 is 15.0 Å². The third-order valence-electron chi connectivity index (χ3n) is 4.50. The number of rotatable bonds is 6. The first-order valence-corrected chi connectivity index (χ1v) is 9.01. The average Bonchev–Trinajstić information content (AvgIpc) is 2.54. The number of ether oxygens (including phenoxy) is 1. The van der Waals surface area contributed by atoms with E-state index in [0.29, 0.717) is 18.9 Å². The van der Waals surface area contributed by atoms with E-state index in [0.717, 1.165) is 31.7 Å². The lowest BCUT2D eigenvalue weighted by atomic mass is 9.94. The van der Waals surface area contributed by atoms with E-state index in [1.165, 1.54) is 0 Å². The molecule has 1 saturated heterocycles. The lowest BCUT2D eigenvalue weighted by Gasteiger charge is -2.36. The van der Waals surface area contributed by atoms with Crippen molar-refractivity contribution in [2.45, 2.75) is 76.8 Å². The molecule has 0 bridgehead atoms. The standard InChI is InChI=1S/C18H25F3N2O3/c1-3-5-12-9-11(10-13(26-12)6-4-2)22-16(24)14-7-8-15(18(19,20)21)23-17(14)25/h7-8,11-13H,3-6,9-10H2,1-2H3,(H,22,24)(H,23,25)/t11?,12-,13+. The summed E-state index contributed by atoms with van der Waals surface area (Å²) in [7, 11) is 0. The van der Waals surface area contributed by atoms with Gasteiger partial charge >= 0.3 is 6.18 Å². The van der Waals surface area contributed by atoms with Crippen molar-refractivity contribution in [3.05, 3.63) is 33.7 Å². The fourth-order valence-corrected chi connectivity index (χ4v) is 3.33. The van der Waals surface area contributed by atoms with Crippen LogP contribution < -0.4 is 10.9 Å². The summed E-state index contributed by atoms with van der Waals surface area (Å²) < 4.78 is 43.9. The monoisotopic (exact) mass is 374 g/mol. The van der Waals surface area contributed by atoms with Crippen LogP contribution in [0.5, 0.6) is 0 Å². The van der Waals surface area contributed by atoms with Crippen LogP contribution in [0.25, 0.3) is 0 Å². The first-order chi connectivity index (χ1) is 12.2. The Bertz CT molecular complexity index is 658. The van der Waals surface area contributed by atoms with Gasteiger partial charge in [0, 0.05) is 6.04 Å². The van der Waals surface area contributed by atoms with Gasteiger partial charge in [-0.15, -0.1) is 0 Å². The van der Waals surface area contributed by atoms with Crippen molar-refractivity contribution in [3.8, 4) is 0 Å². The molecule has 2 rings (SSSR count). The van der Waals surface area contributed by atoms with Crippen LogP contribution in [0, 0.1) is 0 Å². The predicted octanol–water partition coefficient (Wildman–Crippen LogP) is 3.64. The van der Waals surface area contributed by atoms with Gasteiger partial charge in [0.2, 0.25) is 0 Å². The van der Waals surface area contributed by atoms with Gasteiger partial charge in [-0.1, -0.05) is 26.7 Å². The second-order valence-corrected chi connectivity index (χ2v) is 6.71. The number of nitrogens with one attached hydrogen (secondary N) is 2. The number of H-pyrrole nitrogens is 1. The van der Waals surface area contributed by atoms with Crippen LogP contribution in [0.4, 0.5) is 13.2 Å². The molecule has 1 aromatic heterocycles. The molecule has 0 aromatic carbocycles. The van der Waals surface area contributed by atoms with Crippen molar-refractivity contribution >= 4 is 5.91 Å². The molecule has 0 aliphatic carbocycles. The third kappa shape index (κ3) is 5.33. The average molecular weight is 374 g/mol. The molecule has 1 amide bonds. The minimum absolute atomic E-state index is 0.0430. The van der Waals surface area contributed by atoms with Crippen molar-refractivity contribution in [3.63, 3.8) is 0 Å². The third-order valence-corrected chi connectivity index (χ3v) is 4.50. The van der Waals surface area contributed by atoms with Gasteiger partial charge in [0.15, 0.2) is 0 Å².